The number of benzene rings is 1. The summed E-state index contributed by atoms with van der Waals surface area (Å²) in [6.45, 7) is 1.35. The molecule has 0 radical (unpaired) electrons. The minimum Gasteiger partial charge on any atom is -0.497 e. The van der Waals surface area contributed by atoms with Crippen molar-refractivity contribution in [2.24, 2.45) is 5.11 Å². The Bertz CT molecular complexity index is 624. The molecule has 1 aliphatic rings. The number of carbonyl (C=O) groups excluding carboxylic acids is 2. The molecule has 1 heterocycles. The predicted octanol–water partition coefficient (Wildman–Crippen LogP) is 1.43. The van der Waals surface area contributed by atoms with Crippen LogP contribution < -0.4 is 9.64 Å². The molecule has 0 aliphatic carbocycles. The Labute approximate surface area is 126 Å². The van der Waals surface area contributed by atoms with Gasteiger partial charge in [0.15, 0.2) is 0 Å². The zero-order valence-electron chi connectivity index (χ0n) is 12.2. The molecular weight excluding hydrogens is 288 g/mol. The Morgan fingerprint density at radius 1 is 1.50 bits per heavy atom. The molecule has 8 heteroatoms. The molecule has 1 N–H and O–H groups in total. The first-order valence-corrected chi connectivity index (χ1v) is 6.68. The van der Waals surface area contributed by atoms with Crippen molar-refractivity contribution in [3.8, 4) is 5.75 Å². The van der Waals surface area contributed by atoms with Gasteiger partial charge in [-0.15, -0.1) is 0 Å². The van der Waals surface area contributed by atoms with E-state index in [2.05, 4.69) is 10.0 Å². The standard InChI is InChI=1S/C14H16N4O4/c1-8(19)7-11(20)13-12(16-17-15)14(21)18(13)9-3-5-10(22-2)6-4-9/h3-6,11-13,20H,7H2,1-2H3/t11-,12-,13+/m1/s1. The van der Waals surface area contributed by atoms with E-state index in [1.807, 2.05) is 0 Å². The molecule has 0 aromatic heterocycles. The molecule has 3 atom stereocenters. The molecule has 2 rings (SSSR count). The number of aliphatic hydroxyl groups is 1. The average molecular weight is 304 g/mol. The molecule has 1 aromatic carbocycles. The van der Waals surface area contributed by atoms with Gasteiger partial charge >= 0.3 is 0 Å². The monoisotopic (exact) mass is 304 g/mol. The van der Waals surface area contributed by atoms with Crippen LogP contribution in [0.4, 0.5) is 5.69 Å². The fourth-order valence-electron chi connectivity index (χ4n) is 2.51. The van der Waals surface area contributed by atoms with Gasteiger partial charge in [-0.05, 0) is 36.7 Å². The normalized spacial score (nSPS) is 21.6. The number of ketones is 1. The van der Waals surface area contributed by atoms with Gasteiger partial charge in [-0.2, -0.15) is 0 Å². The fourth-order valence-corrected chi connectivity index (χ4v) is 2.51. The summed E-state index contributed by atoms with van der Waals surface area (Å²) in [5, 5.41) is 13.6. The number of ether oxygens (including phenoxy) is 1. The largest absolute Gasteiger partial charge is 0.497 e. The molecule has 0 unspecified atom stereocenters. The van der Waals surface area contributed by atoms with E-state index in [1.54, 1.807) is 24.3 Å². The molecule has 1 fully saturated rings. The summed E-state index contributed by atoms with van der Waals surface area (Å²) in [6, 6.07) is 4.94. The molecule has 0 saturated carbocycles. The van der Waals surface area contributed by atoms with Crippen LogP contribution in [0.25, 0.3) is 10.4 Å². The van der Waals surface area contributed by atoms with Gasteiger partial charge in [-0.3, -0.25) is 9.59 Å². The Balaban J connectivity index is 2.28. The first-order valence-electron chi connectivity index (χ1n) is 6.68. The summed E-state index contributed by atoms with van der Waals surface area (Å²) >= 11 is 0. The van der Waals surface area contributed by atoms with Crippen molar-refractivity contribution in [2.45, 2.75) is 31.5 Å². The van der Waals surface area contributed by atoms with Crippen molar-refractivity contribution in [3.05, 3.63) is 34.7 Å². The number of nitrogens with zero attached hydrogens (tertiary/aromatic N) is 4. The van der Waals surface area contributed by atoms with Crippen LogP contribution in [0.1, 0.15) is 13.3 Å². The zero-order chi connectivity index (χ0) is 16.3. The van der Waals surface area contributed by atoms with E-state index < -0.39 is 24.1 Å². The molecular formula is C14H16N4O4. The number of β-lactam (4-membered cyclic amide) rings is 1. The average Bonchev–Trinajstić information content (AvgIpc) is 2.49. The second-order valence-electron chi connectivity index (χ2n) is 5.02. The summed E-state index contributed by atoms with van der Waals surface area (Å²) in [6.07, 6.45) is -1.20. The van der Waals surface area contributed by atoms with Crippen molar-refractivity contribution in [3.63, 3.8) is 0 Å². The molecule has 1 saturated heterocycles. The maximum Gasteiger partial charge on any atom is 0.238 e. The van der Waals surface area contributed by atoms with Crippen LogP contribution in [0.5, 0.6) is 5.75 Å². The molecule has 1 aromatic rings. The first-order chi connectivity index (χ1) is 10.5. The summed E-state index contributed by atoms with van der Waals surface area (Å²) in [4.78, 5) is 27.3. The molecule has 0 spiro atoms. The third-order valence-electron chi connectivity index (χ3n) is 3.53. The third-order valence-corrected chi connectivity index (χ3v) is 3.53. The van der Waals surface area contributed by atoms with Crippen LogP contribution in [0.2, 0.25) is 0 Å². The number of carbonyl (C=O) groups is 2. The van der Waals surface area contributed by atoms with Gasteiger partial charge in [0.05, 0.1) is 19.3 Å². The van der Waals surface area contributed by atoms with Crippen LogP contribution in [0.15, 0.2) is 29.4 Å². The Hall–Kier alpha value is -2.57. The second-order valence-corrected chi connectivity index (χ2v) is 5.02. The van der Waals surface area contributed by atoms with E-state index >= 15 is 0 Å². The Morgan fingerprint density at radius 3 is 2.64 bits per heavy atom. The smallest absolute Gasteiger partial charge is 0.238 e. The van der Waals surface area contributed by atoms with E-state index in [-0.39, 0.29) is 12.2 Å². The van der Waals surface area contributed by atoms with E-state index in [0.717, 1.165) is 0 Å². The maximum atomic E-state index is 12.1. The van der Waals surface area contributed by atoms with E-state index in [4.69, 9.17) is 10.3 Å². The van der Waals surface area contributed by atoms with Crippen molar-refractivity contribution in [1.29, 1.82) is 0 Å². The highest BCUT2D eigenvalue weighted by Gasteiger charge is 2.51. The van der Waals surface area contributed by atoms with Crippen LogP contribution in [0, 0.1) is 0 Å². The van der Waals surface area contributed by atoms with Crippen LogP contribution >= 0.6 is 0 Å². The maximum absolute atomic E-state index is 12.1. The number of rotatable bonds is 6. The lowest BCUT2D eigenvalue weighted by atomic mass is 9.87. The van der Waals surface area contributed by atoms with Gasteiger partial charge in [-0.1, -0.05) is 5.11 Å². The first kappa shape index (κ1) is 15.8. The minimum absolute atomic E-state index is 0.109. The van der Waals surface area contributed by atoms with Gasteiger partial charge in [0, 0.05) is 17.0 Å². The number of amides is 1. The topological polar surface area (TPSA) is 116 Å². The summed E-state index contributed by atoms with van der Waals surface area (Å²) in [7, 11) is 1.53. The van der Waals surface area contributed by atoms with Crippen LogP contribution in [0.3, 0.4) is 0 Å². The number of methoxy groups -OCH3 is 1. The van der Waals surface area contributed by atoms with E-state index in [0.29, 0.717) is 11.4 Å². The number of hydrogen-bond donors (Lipinski definition) is 1. The molecule has 22 heavy (non-hydrogen) atoms. The van der Waals surface area contributed by atoms with Crippen LogP contribution in [-0.4, -0.2) is 42.1 Å². The molecule has 1 aliphatic heterocycles. The van der Waals surface area contributed by atoms with Gasteiger partial charge in [0.25, 0.3) is 0 Å². The van der Waals surface area contributed by atoms with E-state index in [1.165, 1.54) is 18.9 Å². The second kappa shape index (κ2) is 6.46. The highest BCUT2D eigenvalue weighted by molar-refractivity contribution is 6.06. The van der Waals surface area contributed by atoms with Crippen molar-refractivity contribution in [2.75, 3.05) is 12.0 Å². The van der Waals surface area contributed by atoms with Crippen molar-refractivity contribution >= 4 is 17.4 Å². The number of Topliss-reactive ketones (excluding diaryl/α,β-unsaturated/α-hetero) is 1. The van der Waals surface area contributed by atoms with Crippen molar-refractivity contribution < 1.29 is 19.4 Å². The summed E-state index contributed by atoms with van der Waals surface area (Å²) in [5.74, 6) is 0.0148. The Kier molecular flexibility index (Phi) is 4.65. The van der Waals surface area contributed by atoms with Gasteiger partial charge < -0.3 is 14.7 Å². The van der Waals surface area contributed by atoms with Gasteiger partial charge in [0.1, 0.15) is 17.6 Å². The lowest BCUT2D eigenvalue weighted by Gasteiger charge is -2.47. The lowest BCUT2D eigenvalue weighted by molar-refractivity contribution is -0.130. The number of azide groups is 1. The minimum atomic E-state index is -1.09. The molecule has 8 nitrogen and oxygen atoms in total. The summed E-state index contributed by atoms with van der Waals surface area (Å²) < 4.78 is 5.05. The van der Waals surface area contributed by atoms with E-state index in [9.17, 15) is 14.7 Å². The molecule has 116 valence electrons. The van der Waals surface area contributed by atoms with Gasteiger partial charge in [0.2, 0.25) is 5.91 Å². The third kappa shape index (κ3) is 2.88. The number of hydrogen-bond acceptors (Lipinski definition) is 5. The lowest BCUT2D eigenvalue weighted by Crippen LogP contribution is -2.68. The quantitative estimate of drug-likeness (QED) is 0.370. The molecule has 1 amide bonds. The number of anilines is 1. The van der Waals surface area contributed by atoms with Gasteiger partial charge in [-0.25, -0.2) is 0 Å². The van der Waals surface area contributed by atoms with Crippen molar-refractivity contribution in [1.82, 2.24) is 0 Å². The fraction of sp³-hybridized carbons (Fsp3) is 0.429. The number of aliphatic hydroxyl groups excluding tert-OH is 1. The van der Waals surface area contributed by atoms with Crippen LogP contribution in [-0.2, 0) is 9.59 Å². The highest BCUT2D eigenvalue weighted by Crippen LogP contribution is 2.34. The SMILES string of the molecule is COc1ccc(N2C(=O)[C@H](N=[N+]=[N-])[C@@H]2[C@H](O)CC(C)=O)cc1. The highest BCUT2D eigenvalue weighted by atomic mass is 16.5. The molecule has 0 bridgehead atoms. The summed E-state index contributed by atoms with van der Waals surface area (Å²) in [5.41, 5.74) is 9.09. The predicted molar refractivity (Wildman–Crippen MR) is 78.5 cm³/mol. The zero-order valence-corrected chi connectivity index (χ0v) is 12.2. The Morgan fingerprint density at radius 2 is 2.14 bits per heavy atom.